The molecule has 0 aliphatic heterocycles. The normalized spacial score (nSPS) is 15.7. The van der Waals surface area contributed by atoms with Crippen molar-refractivity contribution in [1.29, 1.82) is 0 Å². The number of hydrogen-bond acceptors (Lipinski definition) is 1. The number of benzene rings is 7. The van der Waals surface area contributed by atoms with Crippen molar-refractivity contribution < 1.29 is 17.8 Å². The average Bonchev–Trinajstić information content (AvgIpc) is 3.15. The van der Waals surface area contributed by atoms with Crippen LogP contribution in [0, 0.1) is 0 Å². The van der Waals surface area contributed by atoms with E-state index in [2.05, 4.69) is 0 Å². The first-order valence-corrected chi connectivity index (χ1v) is 12.3. The second-order valence-corrected chi connectivity index (χ2v) is 8.81. The van der Waals surface area contributed by atoms with Crippen molar-refractivity contribution in [2.45, 2.75) is 0 Å². The smallest absolute Gasteiger partial charge is 0.0651 e. The zero-order chi connectivity index (χ0) is 37.3. The van der Waals surface area contributed by atoms with Gasteiger partial charge in [0.2, 0.25) is 0 Å². The van der Waals surface area contributed by atoms with Gasteiger partial charge in [0.25, 0.3) is 0 Å². The predicted molar refractivity (Wildman–Crippen MR) is 167 cm³/mol. The molecule has 0 aliphatic carbocycles. The molecule has 1 heteroatoms. The topological polar surface area (TPSA) is 3.24 Å². The van der Waals surface area contributed by atoms with Crippen LogP contribution in [0.25, 0.3) is 43.8 Å². The van der Waals surface area contributed by atoms with Gasteiger partial charge in [0, 0.05) is 16.8 Å². The maximum Gasteiger partial charge on any atom is 0.0651 e. The van der Waals surface area contributed by atoms with Gasteiger partial charge >= 0.3 is 0 Å². The molecule has 0 unspecified atom stereocenters. The molecular weight excluding hydrogens is 470 g/mol. The molecule has 0 N–H and O–H groups in total. The quantitative estimate of drug-likeness (QED) is 0.223. The lowest BCUT2D eigenvalue weighted by molar-refractivity contribution is 1.30. The van der Waals surface area contributed by atoms with E-state index >= 15 is 0 Å². The fraction of sp³-hybridized carbons (Fsp3) is 0. The molecule has 0 amide bonds. The molecular formula is C38H27N. The lowest BCUT2D eigenvalue weighted by Crippen LogP contribution is -2.10. The Morgan fingerprint density at radius 2 is 1.05 bits per heavy atom. The summed E-state index contributed by atoms with van der Waals surface area (Å²) in [6.45, 7) is 0. The van der Waals surface area contributed by atoms with Crippen LogP contribution in [-0.4, -0.2) is 0 Å². The van der Waals surface area contributed by atoms with Gasteiger partial charge in [0.05, 0.1) is 23.5 Å². The SMILES string of the molecule is [2H]c1c([2H])c([2H])c(-c2c([2H])c([2H])c(N(c3c([2H])c([2H])c([2H])c(-c4cccc5ccccc45)c3[2H])c3cccc4ccccc34)c([2H])c2[2H])c([2H])c1[2H]. The van der Waals surface area contributed by atoms with Crippen LogP contribution in [0.1, 0.15) is 17.8 Å². The maximum atomic E-state index is 9.63. The molecule has 0 radical (unpaired) electrons. The fourth-order valence-corrected chi connectivity index (χ4v) is 4.70. The summed E-state index contributed by atoms with van der Waals surface area (Å²) in [6.07, 6.45) is 0. The van der Waals surface area contributed by atoms with Crippen molar-refractivity contribution in [2.75, 3.05) is 4.90 Å². The Morgan fingerprint density at radius 3 is 1.85 bits per heavy atom. The molecule has 0 fully saturated rings. The third-order valence-electron chi connectivity index (χ3n) is 6.49. The average molecular weight is 511 g/mol. The predicted octanol–water partition coefficient (Wildman–Crippen LogP) is 10.8. The van der Waals surface area contributed by atoms with Crippen LogP contribution in [-0.2, 0) is 0 Å². The highest BCUT2D eigenvalue weighted by Gasteiger charge is 2.16. The van der Waals surface area contributed by atoms with Crippen LogP contribution in [0.2, 0.25) is 0 Å². The van der Waals surface area contributed by atoms with Crippen LogP contribution in [0.3, 0.4) is 0 Å². The van der Waals surface area contributed by atoms with E-state index < -0.39 is 83.3 Å². The monoisotopic (exact) mass is 510 g/mol. The number of anilines is 3. The minimum Gasteiger partial charge on any atom is -0.310 e. The lowest BCUT2D eigenvalue weighted by Gasteiger charge is -2.27. The molecule has 1 nitrogen and oxygen atoms in total. The van der Waals surface area contributed by atoms with Gasteiger partial charge in [-0.2, -0.15) is 0 Å². The third-order valence-corrected chi connectivity index (χ3v) is 6.49. The van der Waals surface area contributed by atoms with Gasteiger partial charge in [0.15, 0.2) is 0 Å². The fourth-order valence-electron chi connectivity index (χ4n) is 4.70. The first-order valence-electron chi connectivity index (χ1n) is 18.8. The summed E-state index contributed by atoms with van der Waals surface area (Å²) in [5.41, 5.74) is -0.927. The molecule has 0 heterocycles. The Labute approximate surface area is 247 Å². The van der Waals surface area contributed by atoms with Crippen LogP contribution in [0.4, 0.5) is 17.1 Å². The van der Waals surface area contributed by atoms with E-state index in [9.17, 15) is 5.48 Å². The minimum atomic E-state index is -0.713. The minimum absolute atomic E-state index is 0.0315. The summed E-state index contributed by atoms with van der Waals surface area (Å²) in [6, 6.07) is 16.9. The van der Waals surface area contributed by atoms with E-state index in [1.807, 2.05) is 48.5 Å². The third kappa shape index (κ3) is 4.35. The van der Waals surface area contributed by atoms with Gasteiger partial charge in [-0.1, -0.05) is 133 Å². The van der Waals surface area contributed by atoms with Gasteiger partial charge in [-0.25, -0.2) is 0 Å². The largest absolute Gasteiger partial charge is 0.310 e. The standard InChI is InChI=1S/C38H27N/c1-2-11-28(12-3-1)29-23-25-33(26-24-29)39(38-22-10-16-31-14-5-7-20-37(31)38)34-18-8-17-32(27-34)36-21-9-15-30-13-4-6-19-35(30)36/h1-27H/i1D,2D,3D,8D,11D,12D,17D,18D,23D,24D,25D,26D,27D. The van der Waals surface area contributed by atoms with E-state index in [-0.39, 0.29) is 29.0 Å². The summed E-state index contributed by atoms with van der Waals surface area (Å²) in [5.74, 6) is 0. The molecule has 0 spiro atoms. The van der Waals surface area contributed by atoms with Crippen LogP contribution in [0.5, 0.6) is 0 Å². The summed E-state index contributed by atoms with van der Waals surface area (Å²) in [5, 5.41) is 2.78. The first kappa shape index (κ1) is 13.1. The van der Waals surface area contributed by atoms with Gasteiger partial charge < -0.3 is 4.90 Å². The Bertz CT molecular complexity index is 2570. The van der Waals surface area contributed by atoms with E-state index in [0.717, 1.165) is 5.39 Å². The van der Waals surface area contributed by atoms with Gasteiger partial charge in [0.1, 0.15) is 0 Å². The molecule has 7 rings (SSSR count). The van der Waals surface area contributed by atoms with Crippen molar-refractivity contribution in [1.82, 2.24) is 0 Å². The summed E-state index contributed by atoms with van der Waals surface area (Å²) in [7, 11) is 0. The zero-order valence-corrected chi connectivity index (χ0v) is 20.5. The molecule has 184 valence electrons. The van der Waals surface area contributed by atoms with Crippen molar-refractivity contribution in [3.05, 3.63) is 163 Å². The number of rotatable bonds is 5. The Morgan fingerprint density at radius 1 is 0.436 bits per heavy atom. The van der Waals surface area contributed by atoms with Gasteiger partial charge in [-0.3, -0.25) is 0 Å². The second kappa shape index (κ2) is 9.96. The Hall–Kier alpha value is -5.14. The second-order valence-electron chi connectivity index (χ2n) is 8.81. The molecule has 0 bridgehead atoms. The highest BCUT2D eigenvalue weighted by molar-refractivity contribution is 6.00. The summed E-state index contributed by atoms with van der Waals surface area (Å²) in [4.78, 5) is 1.24. The Balaban J connectivity index is 1.63. The zero-order valence-electron chi connectivity index (χ0n) is 33.5. The highest BCUT2D eigenvalue weighted by Crippen LogP contribution is 2.41. The molecule has 0 aliphatic rings. The number of fused-ring (bicyclic) bond motifs is 2. The number of hydrogen-bond donors (Lipinski definition) is 0. The molecule has 0 aromatic heterocycles. The van der Waals surface area contributed by atoms with Gasteiger partial charge in [-0.15, -0.1) is 0 Å². The van der Waals surface area contributed by atoms with Crippen LogP contribution >= 0.6 is 0 Å². The van der Waals surface area contributed by atoms with Crippen molar-refractivity contribution >= 4 is 38.6 Å². The van der Waals surface area contributed by atoms with Crippen LogP contribution in [0.15, 0.2) is 163 Å². The van der Waals surface area contributed by atoms with E-state index in [1.165, 1.54) is 4.90 Å². The summed E-state index contributed by atoms with van der Waals surface area (Å²) >= 11 is 0. The maximum absolute atomic E-state index is 9.63. The molecule has 7 aromatic rings. The van der Waals surface area contributed by atoms with Crippen molar-refractivity contribution in [2.24, 2.45) is 0 Å². The first-order chi connectivity index (χ1) is 24.8. The number of nitrogens with zero attached hydrogens (tertiary/aromatic N) is 1. The molecule has 7 aromatic carbocycles. The van der Waals surface area contributed by atoms with Crippen molar-refractivity contribution in [3.8, 4) is 22.3 Å². The molecule has 0 saturated heterocycles. The molecule has 0 atom stereocenters. The molecule has 0 saturated carbocycles. The Kier molecular flexibility index (Phi) is 3.34. The van der Waals surface area contributed by atoms with Crippen molar-refractivity contribution in [3.63, 3.8) is 0 Å². The van der Waals surface area contributed by atoms with E-state index in [4.69, 9.17) is 12.3 Å². The van der Waals surface area contributed by atoms with E-state index in [0.29, 0.717) is 21.7 Å². The summed E-state index contributed by atoms with van der Waals surface area (Å²) < 4.78 is 115. The van der Waals surface area contributed by atoms with Crippen LogP contribution < -0.4 is 4.90 Å². The van der Waals surface area contributed by atoms with Gasteiger partial charge in [-0.05, 0) is 68.6 Å². The molecule has 39 heavy (non-hydrogen) atoms. The highest BCUT2D eigenvalue weighted by atomic mass is 15.1. The van der Waals surface area contributed by atoms with E-state index in [1.54, 1.807) is 36.4 Å². The lowest BCUT2D eigenvalue weighted by atomic mass is 9.97.